The minimum Gasteiger partial charge on any atom is -0.350 e. The molecule has 0 unspecified atom stereocenters. The molecule has 35 heavy (non-hydrogen) atoms. The quantitative estimate of drug-likeness (QED) is 0.395. The Morgan fingerprint density at radius 2 is 1.71 bits per heavy atom. The van der Waals surface area contributed by atoms with E-state index in [-0.39, 0.29) is 24.4 Å². The highest BCUT2D eigenvalue weighted by molar-refractivity contribution is 5.79. The monoisotopic (exact) mass is 467 g/mol. The number of carbonyl (C=O) groups is 1. The predicted octanol–water partition coefficient (Wildman–Crippen LogP) is 3.76. The number of amides is 1. The summed E-state index contributed by atoms with van der Waals surface area (Å²) in [4.78, 5) is 29.5. The molecule has 2 heterocycles. The van der Waals surface area contributed by atoms with E-state index >= 15 is 0 Å². The zero-order chi connectivity index (χ0) is 24.2. The van der Waals surface area contributed by atoms with Crippen LogP contribution in [-0.2, 0) is 24.4 Å². The molecule has 0 aliphatic carbocycles. The van der Waals surface area contributed by atoms with Gasteiger partial charge in [0.15, 0.2) is 0 Å². The van der Waals surface area contributed by atoms with Gasteiger partial charge in [0.05, 0.1) is 29.5 Å². The van der Waals surface area contributed by atoms with E-state index in [0.29, 0.717) is 12.1 Å². The van der Waals surface area contributed by atoms with Crippen molar-refractivity contribution in [1.82, 2.24) is 24.6 Å². The van der Waals surface area contributed by atoms with E-state index in [1.807, 2.05) is 71.5 Å². The van der Waals surface area contributed by atoms with Gasteiger partial charge in [-0.05, 0) is 23.8 Å². The molecule has 3 aromatic carbocycles. The molecule has 0 saturated carbocycles. The maximum atomic E-state index is 13.6. The highest BCUT2D eigenvalue weighted by Gasteiger charge is 2.14. The summed E-state index contributed by atoms with van der Waals surface area (Å²) < 4.78 is 16.6. The lowest BCUT2D eigenvalue weighted by atomic mass is 10.1. The van der Waals surface area contributed by atoms with Crippen molar-refractivity contribution in [1.29, 1.82) is 0 Å². The minimum atomic E-state index is -0.528. The summed E-state index contributed by atoms with van der Waals surface area (Å²) in [5.74, 6) is -0.890. The van der Waals surface area contributed by atoms with Crippen LogP contribution in [0.5, 0.6) is 0 Å². The molecule has 8 heteroatoms. The largest absolute Gasteiger partial charge is 0.350 e. The van der Waals surface area contributed by atoms with E-state index in [4.69, 9.17) is 5.10 Å². The van der Waals surface area contributed by atoms with E-state index in [2.05, 4.69) is 10.3 Å². The van der Waals surface area contributed by atoms with Gasteiger partial charge in [-0.3, -0.25) is 18.8 Å². The number of fused-ring (bicyclic) bond motifs is 1. The highest BCUT2D eigenvalue weighted by Crippen LogP contribution is 2.22. The Morgan fingerprint density at radius 1 is 0.971 bits per heavy atom. The highest BCUT2D eigenvalue weighted by atomic mass is 19.1. The van der Waals surface area contributed by atoms with E-state index in [0.717, 1.165) is 28.5 Å². The van der Waals surface area contributed by atoms with Gasteiger partial charge in [0, 0.05) is 23.9 Å². The van der Waals surface area contributed by atoms with Crippen LogP contribution in [-0.4, -0.2) is 25.2 Å². The first kappa shape index (κ1) is 22.2. The molecular formula is C27H22FN5O2. The van der Waals surface area contributed by atoms with Crippen LogP contribution in [0, 0.1) is 5.82 Å². The van der Waals surface area contributed by atoms with Crippen molar-refractivity contribution in [2.45, 2.75) is 19.6 Å². The van der Waals surface area contributed by atoms with Gasteiger partial charge in [-0.25, -0.2) is 9.37 Å². The van der Waals surface area contributed by atoms with Crippen LogP contribution in [0.15, 0.2) is 96.2 Å². The van der Waals surface area contributed by atoms with Gasteiger partial charge in [-0.2, -0.15) is 5.10 Å². The third-order valence-corrected chi connectivity index (χ3v) is 5.65. The molecule has 0 saturated heterocycles. The summed E-state index contributed by atoms with van der Waals surface area (Å²) >= 11 is 0. The molecule has 1 N–H and O–H groups in total. The Hall–Kier alpha value is -4.59. The number of halogens is 1. The molecule has 0 fully saturated rings. The first-order valence-electron chi connectivity index (χ1n) is 11.1. The first-order chi connectivity index (χ1) is 17.1. The molecule has 0 radical (unpaired) electrons. The van der Waals surface area contributed by atoms with Crippen molar-refractivity contribution >= 4 is 16.8 Å². The summed E-state index contributed by atoms with van der Waals surface area (Å²) in [5.41, 5.74) is 3.61. The van der Waals surface area contributed by atoms with Gasteiger partial charge in [-0.1, -0.05) is 60.7 Å². The minimum absolute atomic E-state index is 0.133. The number of nitrogens with one attached hydrogen (secondary N) is 1. The number of benzene rings is 3. The summed E-state index contributed by atoms with van der Waals surface area (Å²) in [5, 5.41) is 7.76. The number of carbonyl (C=O) groups excluding carboxylic acids is 1. The van der Waals surface area contributed by atoms with Crippen LogP contribution in [0.4, 0.5) is 4.39 Å². The van der Waals surface area contributed by atoms with Gasteiger partial charge in [-0.15, -0.1) is 0 Å². The molecular weight excluding hydrogens is 445 g/mol. The van der Waals surface area contributed by atoms with E-state index in [1.165, 1.54) is 23.0 Å². The number of nitrogens with zero attached hydrogens (tertiary/aromatic N) is 4. The van der Waals surface area contributed by atoms with Crippen molar-refractivity contribution in [2.24, 2.45) is 0 Å². The van der Waals surface area contributed by atoms with Crippen LogP contribution < -0.4 is 10.9 Å². The molecule has 5 aromatic rings. The fourth-order valence-corrected chi connectivity index (χ4v) is 3.93. The van der Waals surface area contributed by atoms with E-state index in [9.17, 15) is 14.0 Å². The molecule has 0 atom stereocenters. The van der Waals surface area contributed by atoms with Gasteiger partial charge >= 0.3 is 0 Å². The number of aromatic nitrogens is 4. The van der Waals surface area contributed by atoms with E-state index in [1.54, 1.807) is 0 Å². The van der Waals surface area contributed by atoms with Gasteiger partial charge in [0.25, 0.3) is 5.56 Å². The van der Waals surface area contributed by atoms with Crippen molar-refractivity contribution in [2.75, 3.05) is 0 Å². The maximum absolute atomic E-state index is 13.6. The maximum Gasteiger partial charge on any atom is 0.261 e. The summed E-state index contributed by atoms with van der Waals surface area (Å²) in [7, 11) is 0. The Balaban J connectivity index is 1.35. The number of hydrogen-bond acceptors (Lipinski definition) is 4. The van der Waals surface area contributed by atoms with Crippen LogP contribution in [0.3, 0.4) is 0 Å². The lowest BCUT2D eigenvalue weighted by Gasteiger charge is -2.08. The topological polar surface area (TPSA) is 81.8 Å². The molecule has 2 aromatic heterocycles. The predicted molar refractivity (Wildman–Crippen MR) is 131 cm³/mol. The molecule has 0 aliphatic rings. The Kier molecular flexibility index (Phi) is 6.17. The summed E-state index contributed by atoms with van der Waals surface area (Å²) in [6.45, 7) is 0.614. The van der Waals surface area contributed by atoms with Crippen molar-refractivity contribution < 1.29 is 9.18 Å². The van der Waals surface area contributed by atoms with Crippen molar-refractivity contribution in [3.05, 3.63) is 119 Å². The van der Waals surface area contributed by atoms with Crippen LogP contribution in [0.1, 0.15) is 11.1 Å². The zero-order valence-corrected chi connectivity index (χ0v) is 18.8. The first-order valence-corrected chi connectivity index (χ1v) is 11.1. The smallest absolute Gasteiger partial charge is 0.261 e. The van der Waals surface area contributed by atoms with Gasteiger partial charge < -0.3 is 5.32 Å². The molecule has 0 bridgehead atoms. The van der Waals surface area contributed by atoms with Crippen molar-refractivity contribution in [3.63, 3.8) is 0 Å². The molecule has 0 aliphatic heterocycles. The van der Waals surface area contributed by atoms with Gasteiger partial charge in [0.1, 0.15) is 12.4 Å². The average molecular weight is 468 g/mol. The Morgan fingerprint density at radius 3 is 2.49 bits per heavy atom. The third kappa shape index (κ3) is 5.01. The standard InChI is InChI=1S/C27H22FN5O2/c28-22-11-12-24-23(13-22)27(35)32(18-30-24)17-25(34)29-14-21-16-33(15-19-7-3-1-4-8-19)31-26(21)20-9-5-2-6-10-20/h1-13,16,18H,14-15,17H2,(H,29,34). The van der Waals surface area contributed by atoms with E-state index < -0.39 is 11.4 Å². The second-order valence-corrected chi connectivity index (χ2v) is 8.17. The zero-order valence-electron chi connectivity index (χ0n) is 18.8. The summed E-state index contributed by atoms with van der Waals surface area (Å²) in [6.07, 6.45) is 3.22. The van der Waals surface area contributed by atoms with Gasteiger partial charge in [0.2, 0.25) is 5.91 Å². The molecule has 0 spiro atoms. The SMILES string of the molecule is O=C(Cn1cnc2ccc(F)cc2c1=O)NCc1cn(Cc2ccccc2)nc1-c1ccccc1. The Labute approximate surface area is 200 Å². The van der Waals surface area contributed by atoms with Crippen LogP contribution >= 0.6 is 0 Å². The molecule has 174 valence electrons. The van der Waals surface area contributed by atoms with Crippen molar-refractivity contribution in [3.8, 4) is 11.3 Å². The average Bonchev–Trinajstić information content (AvgIpc) is 3.28. The lowest BCUT2D eigenvalue weighted by molar-refractivity contribution is -0.121. The Bertz CT molecular complexity index is 1540. The second kappa shape index (κ2) is 9.72. The fraction of sp³-hybridized carbons (Fsp3) is 0.111. The normalized spacial score (nSPS) is 11.0. The number of hydrogen-bond donors (Lipinski definition) is 1. The molecule has 7 nitrogen and oxygen atoms in total. The van der Waals surface area contributed by atoms with Crippen LogP contribution in [0.25, 0.3) is 22.2 Å². The summed E-state index contributed by atoms with van der Waals surface area (Å²) in [6, 6.07) is 23.6. The third-order valence-electron chi connectivity index (χ3n) is 5.65. The molecule has 5 rings (SSSR count). The number of rotatable bonds is 7. The lowest BCUT2D eigenvalue weighted by Crippen LogP contribution is -2.32. The van der Waals surface area contributed by atoms with Crippen LogP contribution in [0.2, 0.25) is 0 Å². The molecule has 1 amide bonds. The fourth-order valence-electron chi connectivity index (χ4n) is 3.93. The second-order valence-electron chi connectivity index (χ2n) is 8.17.